The van der Waals surface area contributed by atoms with Gasteiger partial charge in [0, 0.05) is 16.4 Å². The molecule has 3 nitrogen and oxygen atoms in total. The molecule has 0 heterocycles. The molecule has 1 N–H and O–H groups in total. The first kappa shape index (κ1) is 8.78. The topological polar surface area (TPSA) is 46.2 Å². The highest BCUT2D eigenvalue weighted by atomic mass is 35.7. The molecule has 0 aromatic heterocycles. The minimum absolute atomic E-state index is 0.394. The summed E-state index contributed by atoms with van der Waals surface area (Å²) in [5.74, 6) is 0. The molecule has 0 aliphatic carbocycles. The Labute approximate surface area is 59.3 Å². The summed E-state index contributed by atoms with van der Waals surface area (Å²) in [5.41, 5.74) is 0.394. The van der Waals surface area contributed by atoms with Crippen LogP contribution in [0.15, 0.2) is 12.3 Å². The summed E-state index contributed by atoms with van der Waals surface area (Å²) in [6.07, 6.45) is 0.548. The van der Waals surface area contributed by atoms with Crippen molar-refractivity contribution in [2.45, 2.75) is 13.3 Å². The number of hydrogen-bond donors (Lipinski definition) is 1. The van der Waals surface area contributed by atoms with Crippen LogP contribution in [0.3, 0.4) is 0 Å². The molecule has 0 aromatic carbocycles. The molecular weight excluding hydrogens is 162 g/mol. The predicted molar refractivity (Wildman–Crippen MR) is 37.3 cm³/mol. The van der Waals surface area contributed by atoms with Gasteiger partial charge in [-0.15, -0.1) is 0 Å². The second-order valence-electron chi connectivity index (χ2n) is 1.50. The van der Waals surface area contributed by atoms with Gasteiger partial charge in [-0.05, 0) is 6.42 Å². The molecule has 0 radical (unpaired) electrons. The van der Waals surface area contributed by atoms with Crippen LogP contribution >= 0.6 is 10.7 Å². The van der Waals surface area contributed by atoms with E-state index in [1.165, 1.54) is 0 Å². The third-order valence-corrected chi connectivity index (χ3v) is 1.46. The summed E-state index contributed by atoms with van der Waals surface area (Å²) in [5, 5.41) is 0. The van der Waals surface area contributed by atoms with E-state index in [-0.39, 0.29) is 0 Å². The quantitative estimate of drug-likeness (QED) is 0.641. The predicted octanol–water partition coefficient (Wildman–Crippen LogP) is 0.983. The summed E-state index contributed by atoms with van der Waals surface area (Å²) in [4.78, 5) is 0. The summed E-state index contributed by atoms with van der Waals surface area (Å²) in [6.45, 7) is 5.16. The number of nitrogens with one attached hydrogen (secondary N) is 1. The van der Waals surface area contributed by atoms with Gasteiger partial charge in [-0.1, -0.05) is 13.5 Å². The summed E-state index contributed by atoms with van der Waals surface area (Å²) in [7, 11) is 1.19. The van der Waals surface area contributed by atoms with Crippen LogP contribution in [0.2, 0.25) is 0 Å². The van der Waals surface area contributed by atoms with Crippen molar-refractivity contribution in [2.24, 2.45) is 0 Å². The average molecular weight is 170 g/mol. The van der Waals surface area contributed by atoms with Gasteiger partial charge in [0.1, 0.15) is 0 Å². The molecule has 0 fully saturated rings. The highest BCUT2D eigenvalue weighted by Crippen LogP contribution is 1.97. The standard InChI is InChI=1S/C4H8ClNO2S/c1-3-4(2)6-9(5,7)8/h6H,2-3H2,1H3. The van der Waals surface area contributed by atoms with Gasteiger partial charge >= 0.3 is 9.24 Å². The second kappa shape index (κ2) is 3.08. The highest BCUT2D eigenvalue weighted by Gasteiger charge is 2.01. The van der Waals surface area contributed by atoms with Crippen molar-refractivity contribution in [3.63, 3.8) is 0 Å². The van der Waals surface area contributed by atoms with E-state index in [0.29, 0.717) is 12.1 Å². The van der Waals surface area contributed by atoms with Crippen molar-refractivity contribution >= 4 is 19.9 Å². The van der Waals surface area contributed by atoms with E-state index in [9.17, 15) is 8.42 Å². The van der Waals surface area contributed by atoms with Crippen LogP contribution in [0.4, 0.5) is 0 Å². The fraction of sp³-hybridized carbons (Fsp3) is 0.500. The van der Waals surface area contributed by atoms with Crippen molar-refractivity contribution in [1.82, 2.24) is 4.72 Å². The van der Waals surface area contributed by atoms with Gasteiger partial charge in [0.15, 0.2) is 0 Å². The van der Waals surface area contributed by atoms with Crippen LogP contribution in [-0.2, 0) is 9.24 Å². The molecule has 54 valence electrons. The van der Waals surface area contributed by atoms with Crippen LogP contribution in [0.25, 0.3) is 0 Å². The molecule has 0 rings (SSSR count). The number of rotatable bonds is 3. The molecule has 0 saturated carbocycles. The molecule has 0 spiro atoms. The Hall–Kier alpha value is -0.220. The van der Waals surface area contributed by atoms with E-state index >= 15 is 0 Å². The van der Waals surface area contributed by atoms with E-state index < -0.39 is 9.24 Å². The molecular formula is C4H8ClNO2S. The van der Waals surface area contributed by atoms with Gasteiger partial charge in [-0.2, -0.15) is 8.42 Å². The van der Waals surface area contributed by atoms with Gasteiger partial charge in [0.05, 0.1) is 0 Å². The number of allylic oxidation sites excluding steroid dienone is 1. The van der Waals surface area contributed by atoms with E-state index in [2.05, 4.69) is 6.58 Å². The Morgan fingerprint density at radius 3 is 2.33 bits per heavy atom. The summed E-state index contributed by atoms with van der Waals surface area (Å²) in [6, 6.07) is 0. The molecule has 0 saturated heterocycles. The third kappa shape index (κ3) is 5.65. The minimum atomic E-state index is -3.61. The first-order valence-electron chi connectivity index (χ1n) is 2.36. The van der Waals surface area contributed by atoms with Gasteiger partial charge in [0.2, 0.25) is 0 Å². The van der Waals surface area contributed by atoms with Crippen LogP contribution in [0, 0.1) is 0 Å². The van der Waals surface area contributed by atoms with Crippen LogP contribution in [-0.4, -0.2) is 8.42 Å². The lowest BCUT2D eigenvalue weighted by atomic mass is 10.4. The first-order chi connectivity index (χ1) is 3.95. The lowest BCUT2D eigenvalue weighted by molar-refractivity contribution is 0.602. The number of hydrogen-bond acceptors (Lipinski definition) is 2. The van der Waals surface area contributed by atoms with E-state index in [4.69, 9.17) is 10.7 Å². The highest BCUT2D eigenvalue weighted by molar-refractivity contribution is 8.12. The average Bonchev–Trinajstić information content (AvgIpc) is 1.62. The molecule has 5 heteroatoms. The Morgan fingerprint density at radius 1 is 1.78 bits per heavy atom. The fourth-order valence-corrected chi connectivity index (χ4v) is 1.06. The number of halogens is 1. The van der Waals surface area contributed by atoms with Gasteiger partial charge in [-0.3, -0.25) is 4.72 Å². The lowest BCUT2D eigenvalue weighted by Gasteiger charge is -1.99. The molecule has 0 amide bonds. The fourth-order valence-electron chi connectivity index (χ4n) is 0.245. The smallest absolute Gasteiger partial charge is 0.275 e. The van der Waals surface area contributed by atoms with Gasteiger partial charge < -0.3 is 0 Å². The lowest BCUT2D eigenvalue weighted by Crippen LogP contribution is -2.15. The zero-order valence-electron chi connectivity index (χ0n) is 5.02. The molecule has 9 heavy (non-hydrogen) atoms. The van der Waals surface area contributed by atoms with Crippen molar-refractivity contribution in [2.75, 3.05) is 0 Å². The molecule has 0 aliphatic heterocycles. The summed E-state index contributed by atoms with van der Waals surface area (Å²) < 4.78 is 22.4. The van der Waals surface area contributed by atoms with E-state index in [1.807, 2.05) is 4.72 Å². The molecule has 0 atom stereocenters. The summed E-state index contributed by atoms with van der Waals surface area (Å²) >= 11 is 0. The van der Waals surface area contributed by atoms with Crippen molar-refractivity contribution < 1.29 is 8.42 Å². The zero-order chi connectivity index (χ0) is 7.49. The van der Waals surface area contributed by atoms with Gasteiger partial charge in [0.25, 0.3) is 0 Å². The molecule has 0 aromatic rings. The monoisotopic (exact) mass is 169 g/mol. The largest absolute Gasteiger partial charge is 0.318 e. The van der Waals surface area contributed by atoms with E-state index in [1.54, 1.807) is 6.92 Å². The SMILES string of the molecule is C=C(CC)NS(=O)(=O)Cl. The van der Waals surface area contributed by atoms with Gasteiger partial charge in [-0.25, -0.2) is 0 Å². The van der Waals surface area contributed by atoms with Crippen LogP contribution in [0.1, 0.15) is 13.3 Å². The van der Waals surface area contributed by atoms with Crippen LogP contribution in [0.5, 0.6) is 0 Å². The van der Waals surface area contributed by atoms with Crippen molar-refractivity contribution in [3.05, 3.63) is 12.3 Å². The second-order valence-corrected chi connectivity index (χ2v) is 3.80. The molecule has 0 aliphatic rings. The molecule has 0 bridgehead atoms. The Balaban J connectivity index is 3.91. The maximum Gasteiger partial charge on any atom is 0.318 e. The Morgan fingerprint density at radius 2 is 2.22 bits per heavy atom. The van der Waals surface area contributed by atoms with Crippen molar-refractivity contribution in [1.29, 1.82) is 0 Å². The maximum atomic E-state index is 10.2. The Kier molecular flexibility index (Phi) is 3.00. The Bertz CT molecular complexity index is 197. The van der Waals surface area contributed by atoms with Crippen molar-refractivity contribution in [3.8, 4) is 0 Å². The minimum Gasteiger partial charge on any atom is -0.275 e. The third-order valence-electron chi connectivity index (χ3n) is 0.693. The first-order valence-corrected chi connectivity index (χ1v) is 4.67. The molecule has 0 unspecified atom stereocenters. The van der Waals surface area contributed by atoms with Crippen LogP contribution < -0.4 is 4.72 Å². The zero-order valence-corrected chi connectivity index (χ0v) is 6.59. The van der Waals surface area contributed by atoms with E-state index in [0.717, 1.165) is 0 Å². The maximum absolute atomic E-state index is 10.2. The normalized spacial score (nSPS) is 10.9.